The van der Waals surface area contributed by atoms with E-state index in [9.17, 15) is 19.2 Å². The summed E-state index contributed by atoms with van der Waals surface area (Å²) in [7, 11) is 0. The Kier molecular flexibility index (Phi) is 5.89. The summed E-state index contributed by atoms with van der Waals surface area (Å²) in [6, 6.07) is 15.3. The average Bonchev–Trinajstić information content (AvgIpc) is 3.31. The zero-order valence-corrected chi connectivity index (χ0v) is 20.4. The molecular formula is C26H22N4O5S. The van der Waals surface area contributed by atoms with Crippen LogP contribution in [0.1, 0.15) is 31.0 Å². The van der Waals surface area contributed by atoms with E-state index < -0.39 is 29.4 Å². The third kappa shape index (κ3) is 3.66. The number of hydrogen-bond acceptors (Lipinski definition) is 7. The summed E-state index contributed by atoms with van der Waals surface area (Å²) in [6.45, 7) is 3.28. The van der Waals surface area contributed by atoms with Crippen LogP contribution >= 0.6 is 11.3 Å². The molecule has 182 valence electrons. The molecule has 2 aliphatic rings. The summed E-state index contributed by atoms with van der Waals surface area (Å²) in [6.07, 6.45) is 0. The van der Waals surface area contributed by atoms with E-state index in [0.29, 0.717) is 27.3 Å². The van der Waals surface area contributed by atoms with Gasteiger partial charge in [-0.3, -0.25) is 23.9 Å². The minimum atomic E-state index is -0.774. The van der Waals surface area contributed by atoms with Gasteiger partial charge in [0.25, 0.3) is 11.5 Å². The van der Waals surface area contributed by atoms with Crippen molar-refractivity contribution in [3.63, 3.8) is 0 Å². The van der Waals surface area contributed by atoms with Gasteiger partial charge in [-0.25, -0.2) is 9.79 Å². The Hall–Kier alpha value is -4.31. The maximum absolute atomic E-state index is 14.0. The number of primary amides is 1. The number of nitrogens with two attached hydrogens (primary N) is 1. The van der Waals surface area contributed by atoms with Crippen LogP contribution in [-0.2, 0) is 19.1 Å². The van der Waals surface area contributed by atoms with Crippen LogP contribution < -0.4 is 25.5 Å². The van der Waals surface area contributed by atoms with Crippen LogP contribution in [0.25, 0.3) is 5.57 Å². The quantitative estimate of drug-likeness (QED) is 0.522. The molecule has 10 heteroatoms. The summed E-state index contributed by atoms with van der Waals surface area (Å²) in [4.78, 5) is 58.2. The molecule has 0 saturated heterocycles. The van der Waals surface area contributed by atoms with Crippen molar-refractivity contribution >= 4 is 40.4 Å². The number of benzene rings is 2. The second-order valence-corrected chi connectivity index (χ2v) is 9.26. The molecule has 0 saturated carbocycles. The fraction of sp³-hybridized carbons (Fsp3) is 0.192. The molecule has 0 radical (unpaired) electrons. The number of allylic oxidation sites excluding steroid dienone is 1. The largest absolute Gasteiger partial charge is 0.463 e. The predicted octanol–water partition coefficient (Wildman–Crippen LogP) is 1.00. The van der Waals surface area contributed by atoms with E-state index in [1.807, 2.05) is 30.3 Å². The Bertz CT molecular complexity index is 1630. The van der Waals surface area contributed by atoms with Crippen molar-refractivity contribution in [3.05, 3.63) is 96.7 Å². The van der Waals surface area contributed by atoms with Crippen molar-refractivity contribution in [2.24, 2.45) is 10.7 Å². The van der Waals surface area contributed by atoms with Crippen molar-refractivity contribution in [2.45, 2.75) is 19.9 Å². The van der Waals surface area contributed by atoms with Gasteiger partial charge in [-0.1, -0.05) is 59.9 Å². The fourth-order valence-electron chi connectivity index (χ4n) is 4.60. The zero-order chi connectivity index (χ0) is 25.6. The highest BCUT2D eigenvalue weighted by molar-refractivity contribution is 7.07. The second kappa shape index (κ2) is 9.04. The van der Waals surface area contributed by atoms with E-state index in [1.165, 1.54) is 9.47 Å². The Morgan fingerprint density at radius 3 is 2.47 bits per heavy atom. The number of carbonyl (C=O) groups excluding carboxylic acids is 3. The molecule has 5 rings (SSSR count). The molecule has 1 aromatic heterocycles. The Morgan fingerprint density at radius 2 is 1.78 bits per heavy atom. The summed E-state index contributed by atoms with van der Waals surface area (Å²) >= 11 is 1.07. The first kappa shape index (κ1) is 23.4. The smallest absolute Gasteiger partial charge is 0.338 e. The highest BCUT2D eigenvalue weighted by Crippen LogP contribution is 2.35. The molecule has 3 aromatic rings. The molecule has 0 unspecified atom stereocenters. The number of ether oxygens (including phenoxy) is 1. The number of thiazole rings is 1. The van der Waals surface area contributed by atoms with Gasteiger partial charge in [0.05, 0.1) is 35.2 Å². The molecule has 2 amide bonds. The first-order valence-electron chi connectivity index (χ1n) is 11.3. The average molecular weight is 503 g/mol. The molecule has 0 bridgehead atoms. The van der Waals surface area contributed by atoms with Gasteiger partial charge in [0.15, 0.2) is 4.80 Å². The van der Waals surface area contributed by atoms with Crippen molar-refractivity contribution < 1.29 is 19.1 Å². The van der Waals surface area contributed by atoms with Gasteiger partial charge < -0.3 is 10.5 Å². The minimum Gasteiger partial charge on any atom is -0.463 e. The topological polar surface area (TPSA) is 124 Å². The van der Waals surface area contributed by atoms with Crippen LogP contribution in [0.15, 0.2) is 75.7 Å². The van der Waals surface area contributed by atoms with Crippen LogP contribution in [0.4, 0.5) is 5.69 Å². The normalized spacial score (nSPS) is 18.0. The lowest BCUT2D eigenvalue weighted by Gasteiger charge is -2.24. The van der Waals surface area contributed by atoms with Gasteiger partial charge in [-0.05, 0) is 25.5 Å². The SMILES string of the molecule is CCOC(=O)C1=C(C)N=c2sc(=C3C(=O)N(CC(N)=O)c4ccccc43)c(=O)n2[C@@H]1c1ccccc1. The molecular weight excluding hydrogens is 480 g/mol. The molecule has 3 heterocycles. The van der Waals surface area contributed by atoms with Crippen LogP contribution in [0.5, 0.6) is 0 Å². The summed E-state index contributed by atoms with van der Waals surface area (Å²) < 4.78 is 6.92. The molecule has 0 aliphatic carbocycles. The van der Waals surface area contributed by atoms with Crippen molar-refractivity contribution in [2.75, 3.05) is 18.1 Å². The zero-order valence-electron chi connectivity index (χ0n) is 19.6. The Morgan fingerprint density at radius 1 is 1.08 bits per heavy atom. The molecule has 0 fully saturated rings. The lowest BCUT2D eigenvalue weighted by molar-refractivity contribution is -0.139. The number of nitrogens with zero attached hydrogens (tertiary/aromatic N) is 3. The first-order valence-corrected chi connectivity index (χ1v) is 12.1. The molecule has 2 N–H and O–H groups in total. The van der Waals surface area contributed by atoms with E-state index in [2.05, 4.69) is 4.99 Å². The van der Waals surface area contributed by atoms with Crippen LogP contribution in [0.2, 0.25) is 0 Å². The minimum absolute atomic E-state index is 0.173. The lowest BCUT2D eigenvalue weighted by Crippen LogP contribution is -2.41. The predicted molar refractivity (Wildman–Crippen MR) is 134 cm³/mol. The third-order valence-electron chi connectivity index (χ3n) is 6.07. The van der Waals surface area contributed by atoms with Crippen LogP contribution in [0.3, 0.4) is 0 Å². The number of esters is 1. The maximum atomic E-state index is 14.0. The standard InChI is InChI=1S/C26H22N4O5S/c1-3-35-25(34)19-14(2)28-26-30(21(19)15-9-5-4-6-10-15)24(33)22(36-26)20-16-11-7-8-12-17(16)29(23(20)32)13-18(27)31/h4-12,21H,3,13H2,1-2H3,(H2,27,31)/t21-/m1/s1. The highest BCUT2D eigenvalue weighted by atomic mass is 32.1. The number of amides is 2. The summed E-state index contributed by atoms with van der Waals surface area (Å²) in [5.41, 5.74) is 7.56. The number of rotatable bonds is 5. The number of carbonyl (C=O) groups is 3. The first-order chi connectivity index (χ1) is 17.3. The number of para-hydroxylation sites is 1. The number of aromatic nitrogens is 1. The van der Waals surface area contributed by atoms with Gasteiger partial charge in [0, 0.05) is 5.56 Å². The lowest BCUT2D eigenvalue weighted by atomic mass is 9.96. The second-order valence-electron chi connectivity index (χ2n) is 8.28. The number of hydrogen-bond donors (Lipinski definition) is 1. The molecule has 9 nitrogen and oxygen atoms in total. The fourth-order valence-corrected chi connectivity index (χ4v) is 5.74. The summed E-state index contributed by atoms with van der Waals surface area (Å²) in [5.74, 6) is -1.71. The molecule has 2 aliphatic heterocycles. The van der Waals surface area contributed by atoms with Crippen molar-refractivity contribution in [1.82, 2.24) is 4.57 Å². The van der Waals surface area contributed by atoms with E-state index >= 15 is 0 Å². The Labute approximate surface area is 209 Å². The van der Waals surface area contributed by atoms with Gasteiger partial charge in [0.2, 0.25) is 5.91 Å². The number of anilines is 1. The van der Waals surface area contributed by atoms with E-state index in [-0.39, 0.29) is 28.8 Å². The third-order valence-corrected chi connectivity index (χ3v) is 7.13. The maximum Gasteiger partial charge on any atom is 0.338 e. The van der Waals surface area contributed by atoms with E-state index in [4.69, 9.17) is 10.5 Å². The van der Waals surface area contributed by atoms with E-state index in [1.54, 1.807) is 38.1 Å². The number of fused-ring (bicyclic) bond motifs is 2. The van der Waals surface area contributed by atoms with Gasteiger partial charge >= 0.3 is 5.97 Å². The van der Waals surface area contributed by atoms with Crippen molar-refractivity contribution in [1.29, 1.82) is 0 Å². The van der Waals surface area contributed by atoms with E-state index in [0.717, 1.165) is 11.3 Å². The van der Waals surface area contributed by atoms with Gasteiger partial charge in [-0.15, -0.1) is 0 Å². The monoisotopic (exact) mass is 502 g/mol. The van der Waals surface area contributed by atoms with Crippen LogP contribution in [0, 0.1) is 0 Å². The molecule has 0 spiro atoms. The molecule has 1 atom stereocenters. The van der Waals surface area contributed by atoms with Crippen molar-refractivity contribution in [3.8, 4) is 0 Å². The summed E-state index contributed by atoms with van der Waals surface area (Å²) in [5, 5.41) is 0. The van der Waals surface area contributed by atoms with Crippen LogP contribution in [-0.4, -0.2) is 35.5 Å². The van der Waals surface area contributed by atoms with Gasteiger partial charge in [-0.2, -0.15) is 0 Å². The van der Waals surface area contributed by atoms with Gasteiger partial charge in [0.1, 0.15) is 11.1 Å². The Balaban J connectivity index is 1.81. The molecule has 36 heavy (non-hydrogen) atoms. The molecule has 2 aromatic carbocycles. The highest BCUT2D eigenvalue weighted by Gasteiger charge is 2.37.